The van der Waals surface area contributed by atoms with Gasteiger partial charge in [-0.15, -0.1) is 0 Å². The molecule has 0 unspecified atom stereocenters. The molecule has 0 heterocycles. The van der Waals surface area contributed by atoms with E-state index in [0.717, 1.165) is 25.3 Å². The molecular weight excluding hydrogens is 385 g/mol. The Morgan fingerprint density at radius 3 is 2.46 bits per heavy atom. The molecule has 0 saturated carbocycles. The lowest BCUT2D eigenvalue weighted by Gasteiger charge is -2.24. The minimum Gasteiger partial charge on any atom is -0.488 e. The molecule has 0 N–H and O–H groups in total. The van der Waals surface area contributed by atoms with Crippen molar-refractivity contribution >= 4 is 35.0 Å². The zero-order valence-electron chi connectivity index (χ0n) is 15.6. The van der Waals surface area contributed by atoms with Gasteiger partial charge in [-0.05, 0) is 42.5 Å². The highest BCUT2D eigenvalue weighted by Crippen LogP contribution is 2.29. The maximum atomic E-state index is 6.28. The Kier molecular flexibility index (Phi) is 9.13. The van der Waals surface area contributed by atoms with Crippen LogP contribution in [0.2, 0.25) is 10.0 Å². The third kappa shape index (κ3) is 7.79. The van der Waals surface area contributed by atoms with Gasteiger partial charge in [0.2, 0.25) is 0 Å². The molecule has 142 valence electrons. The number of nitrogens with zero attached hydrogens (tertiary/aromatic N) is 1. The zero-order chi connectivity index (χ0) is 18.9. The molecule has 2 aromatic rings. The number of rotatable bonds is 10. The molecule has 2 rings (SSSR count). The van der Waals surface area contributed by atoms with Gasteiger partial charge >= 0.3 is 0 Å². The largest absolute Gasteiger partial charge is 0.488 e. The first-order valence-electron chi connectivity index (χ1n) is 8.90. The average molecular weight is 412 g/mol. The Morgan fingerprint density at radius 2 is 1.81 bits per heavy atom. The number of hydrogen-bond acceptors (Lipinski definition) is 3. The first-order chi connectivity index (χ1) is 12.4. The van der Waals surface area contributed by atoms with Crippen molar-refractivity contribution in [3.8, 4) is 5.75 Å². The summed E-state index contributed by atoms with van der Waals surface area (Å²) in [6.07, 6.45) is 1.06. The second-order valence-corrected chi connectivity index (χ2v) is 9.16. The Morgan fingerprint density at radius 1 is 1.08 bits per heavy atom. The maximum absolute atomic E-state index is 6.28. The Hall–Kier alpha value is -0.870. The van der Waals surface area contributed by atoms with Crippen LogP contribution in [0.1, 0.15) is 25.8 Å². The summed E-state index contributed by atoms with van der Waals surface area (Å²) in [6, 6.07) is 15.9. The molecule has 0 spiro atoms. The van der Waals surface area contributed by atoms with Gasteiger partial charge in [-0.25, -0.2) is 0 Å². The van der Waals surface area contributed by atoms with Crippen LogP contribution in [-0.4, -0.2) is 35.6 Å². The highest BCUT2D eigenvalue weighted by Gasteiger charge is 2.15. The molecule has 0 bridgehead atoms. The monoisotopic (exact) mass is 411 g/mol. The normalized spacial score (nSPS) is 12.6. The molecule has 0 radical (unpaired) electrons. The van der Waals surface area contributed by atoms with Gasteiger partial charge in [-0.1, -0.05) is 67.4 Å². The van der Waals surface area contributed by atoms with Crippen LogP contribution in [0.3, 0.4) is 0 Å². The van der Waals surface area contributed by atoms with E-state index in [2.05, 4.69) is 50.1 Å². The van der Waals surface area contributed by atoms with Crippen molar-refractivity contribution in [1.82, 2.24) is 4.90 Å². The van der Waals surface area contributed by atoms with Crippen molar-refractivity contribution in [1.29, 1.82) is 0 Å². The minimum absolute atomic E-state index is 0.110. The zero-order valence-corrected chi connectivity index (χ0v) is 17.9. The van der Waals surface area contributed by atoms with Gasteiger partial charge < -0.3 is 9.64 Å². The van der Waals surface area contributed by atoms with Gasteiger partial charge in [-0.3, -0.25) is 0 Å². The first kappa shape index (κ1) is 21.4. The number of ether oxygens (including phenoxy) is 1. The van der Waals surface area contributed by atoms with Crippen LogP contribution in [0.5, 0.6) is 5.75 Å². The van der Waals surface area contributed by atoms with E-state index in [1.807, 2.05) is 30.0 Å². The lowest BCUT2D eigenvalue weighted by Crippen LogP contribution is -2.28. The smallest absolute Gasteiger partial charge is 0.138 e. The van der Waals surface area contributed by atoms with Crippen LogP contribution in [0.25, 0.3) is 0 Å². The maximum Gasteiger partial charge on any atom is 0.138 e. The van der Waals surface area contributed by atoms with Crippen molar-refractivity contribution in [3.63, 3.8) is 0 Å². The van der Waals surface area contributed by atoms with Crippen molar-refractivity contribution in [2.24, 2.45) is 0 Å². The fraction of sp³-hybridized carbons (Fsp3) is 0.429. The molecule has 0 aliphatic heterocycles. The SMILES string of the molecule is CC(C)SC[C@@H](CCN(C)Cc1ccccc1)Oc1ccc(Cl)cc1Cl. The van der Waals surface area contributed by atoms with E-state index < -0.39 is 0 Å². The van der Waals surface area contributed by atoms with Crippen LogP contribution in [-0.2, 0) is 6.54 Å². The Balaban J connectivity index is 1.93. The second kappa shape index (κ2) is 11.1. The highest BCUT2D eigenvalue weighted by atomic mass is 35.5. The topological polar surface area (TPSA) is 12.5 Å². The van der Waals surface area contributed by atoms with Crippen LogP contribution in [0, 0.1) is 0 Å². The molecule has 0 aliphatic rings. The molecule has 0 aliphatic carbocycles. The molecule has 5 heteroatoms. The van der Waals surface area contributed by atoms with Gasteiger partial charge in [0, 0.05) is 23.9 Å². The molecule has 1 atom stereocenters. The summed E-state index contributed by atoms with van der Waals surface area (Å²) in [6.45, 7) is 6.31. The molecule has 2 nitrogen and oxygen atoms in total. The van der Waals surface area contributed by atoms with E-state index in [1.54, 1.807) is 6.07 Å². The Bertz CT molecular complexity index is 666. The van der Waals surface area contributed by atoms with E-state index in [1.165, 1.54) is 5.56 Å². The summed E-state index contributed by atoms with van der Waals surface area (Å²) in [5.41, 5.74) is 1.32. The summed E-state index contributed by atoms with van der Waals surface area (Å²) >= 11 is 14.2. The molecule has 0 fully saturated rings. The van der Waals surface area contributed by atoms with E-state index in [9.17, 15) is 0 Å². The Labute approximate surface area is 171 Å². The van der Waals surface area contributed by atoms with Crippen molar-refractivity contribution in [2.75, 3.05) is 19.3 Å². The molecule has 0 aromatic heterocycles. The third-order valence-electron chi connectivity index (χ3n) is 3.93. The molecule has 2 aromatic carbocycles. The predicted molar refractivity (Wildman–Crippen MR) is 116 cm³/mol. The number of hydrogen-bond donors (Lipinski definition) is 0. The van der Waals surface area contributed by atoms with Crippen LogP contribution < -0.4 is 4.74 Å². The molecule has 0 saturated heterocycles. The van der Waals surface area contributed by atoms with Gasteiger partial charge in [0.15, 0.2) is 0 Å². The van der Waals surface area contributed by atoms with Crippen molar-refractivity contribution < 1.29 is 4.74 Å². The quantitative estimate of drug-likeness (QED) is 0.448. The van der Waals surface area contributed by atoms with E-state index in [-0.39, 0.29) is 6.10 Å². The number of halogens is 2. The summed E-state index contributed by atoms with van der Waals surface area (Å²) in [7, 11) is 2.15. The lowest BCUT2D eigenvalue weighted by atomic mass is 10.2. The standard InChI is InChI=1S/C21H27Cl2NOS/c1-16(2)26-15-19(25-21-10-9-18(22)13-20(21)23)11-12-24(3)14-17-7-5-4-6-8-17/h4-10,13,16,19H,11-12,14-15H2,1-3H3/t19-/m1/s1. The average Bonchev–Trinajstić information content (AvgIpc) is 2.60. The molecule has 26 heavy (non-hydrogen) atoms. The summed E-state index contributed by atoms with van der Waals surface area (Å²) in [5, 5.41) is 1.76. The molecular formula is C21H27Cl2NOS. The molecule has 0 amide bonds. The van der Waals surface area contributed by atoms with Gasteiger partial charge in [0.1, 0.15) is 11.9 Å². The summed E-state index contributed by atoms with van der Waals surface area (Å²) in [4.78, 5) is 2.33. The number of thioether (sulfide) groups is 1. The lowest BCUT2D eigenvalue weighted by molar-refractivity contribution is 0.189. The summed E-state index contributed by atoms with van der Waals surface area (Å²) in [5.74, 6) is 1.65. The van der Waals surface area contributed by atoms with E-state index >= 15 is 0 Å². The van der Waals surface area contributed by atoms with Gasteiger partial charge in [0.25, 0.3) is 0 Å². The van der Waals surface area contributed by atoms with Crippen molar-refractivity contribution in [2.45, 2.75) is 38.2 Å². The van der Waals surface area contributed by atoms with E-state index in [0.29, 0.717) is 21.0 Å². The van der Waals surface area contributed by atoms with Crippen LogP contribution in [0.4, 0.5) is 0 Å². The fourth-order valence-electron chi connectivity index (χ4n) is 2.56. The minimum atomic E-state index is 0.110. The third-order valence-corrected chi connectivity index (χ3v) is 5.69. The summed E-state index contributed by atoms with van der Waals surface area (Å²) < 4.78 is 6.21. The van der Waals surface area contributed by atoms with Crippen LogP contribution >= 0.6 is 35.0 Å². The predicted octanol–water partition coefficient (Wildman–Crippen LogP) is 6.40. The van der Waals surface area contributed by atoms with E-state index in [4.69, 9.17) is 27.9 Å². The first-order valence-corrected chi connectivity index (χ1v) is 10.7. The second-order valence-electron chi connectivity index (χ2n) is 6.71. The van der Waals surface area contributed by atoms with Crippen LogP contribution in [0.15, 0.2) is 48.5 Å². The highest BCUT2D eigenvalue weighted by molar-refractivity contribution is 7.99. The van der Waals surface area contributed by atoms with Gasteiger partial charge in [-0.2, -0.15) is 11.8 Å². The van der Waals surface area contributed by atoms with Crippen molar-refractivity contribution in [3.05, 3.63) is 64.1 Å². The fourth-order valence-corrected chi connectivity index (χ4v) is 3.85. The number of benzene rings is 2. The van der Waals surface area contributed by atoms with Gasteiger partial charge in [0.05, 0.1) is 5.02 Å².